The molecule has 7 nitrogen and oxygen atoms in total. The normalized spacial score (nSPS) is 16.4. The number of carboxylic acids is 1. The van der Waals surface area contributed by atoms with Gasteiger partial charge in [-0.1, -0.05) is 11.6 Å². The van der Waals surface area contributed by atoms with Gasteiger partial charge in [-0.25, -0.2) is 0 Å². The van der Waals surface area contributed by atoms with Gasteiger partial charge in [-0.15, -0.1) is 0 Å². The summed E-state index contributed by atoms with van der Waals surface area (Å²) < 4.78 is 5.31. The third-order valence-corrected chi connectivity index (χ3v) is 4.47. The van der Waals surface area contributed by atoms with Crippen molar-refractivity contribution in [2.24, 2.45) is 0 Å². The molecule has 0 unspecified atom stereocenters. The molecule has 1 fully saturated rings. The van der Waals surface area contributed by atoms with Crippen LogP contribution in [0.2, 0.25) is 5.02 Å². The molecule has 0 bridgehead atoms. The predicted molar refractivity (Wildman–Crippen MR) is 91.3 cm³/mol. The zero-order chi connectivity index (χ0) is 18.1. The summed E-state index contributed by atoms with van der Waals surface area (Å²) >= 11 is 5.79. The van der Waals surface area contributed by atoms with E-state index in [0.717, 1.165) is 39.3 Å². The van der Waals surface area contributed by atoms with Gasteiger partial charge in [0.05, 0.1) is 38.7 Å². The molecule has 0 radical (unpaired) electrons. The number of morpholine rings is 1. The van der Waals surface area contributed by atoms with Gasteiger partial charge in [-0.2, -0.15) is 0 Å². The van der Waals surface area contributed by atoms with Gasteiger partial charge >= 0.3 is 0 Å². The molecule has 25 heavy (non-hydrogen) atoms. The van der Waals surface area contributed by atoms with Crippen molar-refractivity contribution >= 4 is 29.2 Å². The average molecular weight is 371 g/mol. The Balaban J connectivity index is 1.70. The van der Waals surface area contributed by atoms with Gasteiger partial charge in [0.25, 0.3) is 0 Å². The first-order valence-electron chi connectivity index (χ1n) is 8.55. The molecule has 4 N–H and O–H groups in total. The molecule has 2 rings (SSSR count). The highest BCUT2D eigenvalue weighted by Gasteiger charge is 2.19. The van der Waals surface area contributed by atoms with Gasteiger partial charge in [0, 0.05) is 17.1 Å². The highest BCUT2D eigenvalue weighted by atomic mass is 35.5. The van der Waals surface area contributed by atoms with E-state index in [1.54, 1.807) is 29.6 Å². The molecule has 1 aliphatic rings. The second kappa shape index (κ2) is 10.4. The van der Waals surface area contributed by atoms with Gasteiger partial charge in [-0.3, -0.25) is 4.79 Å². The van der Waals surface area contributed by atoms with Crippen molar-refractivity contribution in [3.8, 4) is 0 Å². The molecule has 8 heteroatoms. The van der Waals surface area contributed by atoms with Crippen LogP contribution in [0.3, 0.4) is 0 Å². The lowest BCUT2D eigenvalue weighted by Gasteiger charge is -2.23. The molecule has 1 aromatic carbocycles. The van der Waals surface area contributed by atoms with Gasteiger partial charge < -0.3 is 30.2 Å². The highest BCUT2D eigenvalue weighted by Crippen LogP contribution is 2.13. The number of nitrogens with one attached hydrogen (secondary N) is 2. The number of hydrogen-bond donors (Lipinski definition) is 3. The Morgan fingerprint density at radius 1 is 1.28 bits per heavy atom. The van der Waals surface area contributed by atoms with E-state index in [2.05, 4.69) is 5.32 Å². The summed E-state index contributed by atoms with van der Waals surface area (Å²) in [7, 11) is 0. The number of carboxylic acid groups (broad SMARTS) is 1. The summed E-state index contributed by atoms with van der Waals surface area (Å²) in [6, 6.07) is 5.78. The van der Waals surface area contributed by atoms with E-state index in [0.29, 0.717) is 17.3 Å². The van der Waals surface area contributed by atoms with Crippen LogP contribution in [0.4, 0.5) is 5.69 Å². The third-order valence-electron chi connectivity index (χ3n) is 4.22. The molecule has 1 heterocycles. The van der Waals surface area contributed by atoms with Crippen LogP contribution in [0.5, 0.6) is 0 Å². The SMILES string of the molecule is O=C(C[C@H]([NH2+]CCC[NH+]1CCOCC1)C(=O)[O-])Nc1ccc(Cl)cc1. The second-order valence-corrected chi connectivity index (χ2v) is 6.61. The van der Waals surface area contributed by atoms with E-state index in [4.69, 9.17) is 16.3 Å². The van der Waals surface area contributed by atoms with Gasteiger partial charge in [-0.05, 0) is 24.3 Å². The van der Waals surface area contributed by atoms with E-state index >= 15 is 0 Å². The number of aliphatic carboxylic acids is 1. The van der Waals surface area contributed by atoms with Crippen LogP contribution in [0.25, 0.3) is 0 Å². The quantitative estimate of drug-likeness (QED) is 0.424. The van der Waals surface area contributed by atoms with E-state index < -0.39 is 12.0 Å². The van der Waals surface area contributed by atoms with Crippen LogP contribution < -0.4 is 20.6 Å². The van der Waals surface area contributed by atoms with Crippen LogP contribution in [0.1, 0.15) is 12.8 Å². The Kier molecular flexibility index (Phi) is 8.14. The minimum absolute atomic E-state index is 0.130. The first-order chi connectivity index (χ1) is 12.0. The van der Waals surface area contributed by atoms with Crippen LogP contribution in [-0.4, -0.2) is 57.3 Å². The monoisotopic (exact) mass is 370 g/mol. The van der Waals surface area contributed by atoms with Gasteiger partial charge in [0.15, 0.2) is 0 Å². The summed E-state index contributed by atoms with van der Waals surface area (Å²) in [4.78, 5) is 24.8. The number of amides is 1. The number of hydrogen-bond acceptors (Lipinski definition) is 4. The Bertz CT molecular complexity index is 562. The first kappa shape index (κ1) is 19.7. The zero-order valence-corrected chi connectivity index (χ0v) is 14.9. The van der Waals surface area contributed by atoms with Crippen molar-refractivity contribution in [3.05, 3.63) is 29.3 Å². The fourth-order valence-electron chi connectivity index (χ4n) is 2.79. The number of benzene rings is 1. The van der Waals surface area contributed by atoms with Crippen molar-refractivity contribution in [2.45, 2.75) is 18.9 Å². The average Bonchev–Trinajstić information content (AvgIpc) is 2.60. The topological polar surface area (TPSA) is 99.5 Å². The molecule has 0 aromatic heterocycles. The lowest BCUT2D eigenvalue weighted by Crippen LogP contribution is -3.14. The summed E-state index contributed by atoms with van der Waals surface area (Å²) in [5, 5.41) is 16.2. The molecule has 138 valence electrons. The molecule has 1 atom stereocenters. The molecule has 0 spiro atoms. The maximum Gasteiger partial charge on any atom is 0.230 e. The number of halogens is 1. The molecule has 1 saturated heterocycles. The van der Waals surface area contributed by atoms with E-state index in [9.17, 15) is 14.7 Å². The number of carbonyl (C=O) groups is 2. The molecule has 0 aliphatic carbocycles. The number of nitrogens with two attached hydrogens (primary N) is 1. The largest absolute Gasteiger partial charge is 0.544 e. The second-order valence-electron chi connectivity index (χ2n) is 6.18. The van der Waals surface area contributed by atoms with Crippen molar-refractivity contribution in [3.63, 3.8) is 0 Å². The Morgan fingerprint density at radius 2 is 1.96 bits per heavy atom. The maximum atomic E-state index is 12.0. The third kappa shape index (κ3) is 7.39. The Morgan fingerprint density at radius 3 is 2.60 bits per heavy atom. The summed E-state index contributed by atoms with van der Waals surface area (Å²) in [5.41, 5.74) is 0.586. The molecule has 1 amide bonds. The van der Waals surface area contributed by atoms with Crippen LogP contribution >= 0.6 is 11.6 Å². The van der Waals surface area contributed by atoms with Crippen LogP contribution in [-0.2, 0) is 14.3 Å². The van der Waals surface area contributed by atoms with E-state index in [1.165, 1.54) is 4.90 Å². The van der Waals surface area contributed by atoms with E-state index in [-0.39, 0.29) is 12.3 Å². The number of carbonyl (C=O) groups excluding carboxylic acids is 2. The fourth-order valence-corrected chi connectivity index (χ4v) is 2.92. The Labute approximate surface area is 152 Å². The van der Waals surface area contributed by atoms with E-state index in [1.807, 2.05) is 0 Å². The van der Waals surface area contributed by atoms with Crippen LogP contribution in [0, 0.1) is 0 Å². The lowest BCUT2D eigenvalue weighted by atomic mass is 10.2. The standard InChI is InChI=1S/C17H24ClN3O4/c18-13-2-4-14(5-3-13)20-16(22)12-15(17(23)24)19-6-1-7-21-8-10-25-11-9-21/h2-5,15,19H,1,6-12H2,(H,20,22)(H,23,24)/p+1/t15-/m0/s1. The lowest BCUT2D eigenvalue weighted by molar-refractivity contribution is -0.909. The van der Waals surface area contributed by atoms with Crippen molar-refractivity contribution in [1.82, 2.24) is 0 Å². The van der Waals surface area contributed by atoms with Crippen molar-refractivity contribution in [1.29, 1.82) is 0 Å². The molecular formula is C17H25ClN3O4+. The Hall–Kier alpha value is -1.67. The summed E-state index contributed by atoms with van der Waals surface area (Å²) in [6.07, 6.45) is 0.757. The minimum Gasteiger partial charge on any atom is -0.544 e. The fraction of sp³-hybridized carbons (Fsp3) is 0.529. The van der Waals surface area contributed by atoms with Crippen LogP contribution in [0.15, 0.2) is 24.3 Å². The van der Waals surface area contributed by atoms with Crippen molar-refractivity contribution < 1.29 is 29.6 Å². The predicted octanol–water partition coefficient (Wildman–Crippen LogP) is -2.34. The molecule has 1 aromatic rings. The van der Waals surface area contributed by atoms with Gasteiger partial charge in [0.2, 0.25) is 5.91 Å². The first-order valence-corrected chi connectivity index (χ1v) is 8.93. The number of anilines is 1. The molecule has 0 saturated carbocycles. The minimum atomic E-state index is -1.22. The number of rotatable bonds is 9. The maximum absolute atomic E-state index is 12.0. The number of ether oxygens (including phenoxy) is 1. The summed E-state index contributed by atoms with van der Waals surface area (Å²) in [5.74, 6) is -1.57. The zero-order valence-electron chi connectivity index (χ0n) is 14.1. The number of quaternary nitrogens is 2. The molecular weight excluding hydrogens is 346 g/mol. The summed E-state index contributed by atoms with van der Waals surface area (Å²) in [6.45, 7) is 5.19. The smallest absolute Gasteiger partial charge is 0.230 e. The highest BCUT2D eigenvalue weighted by molar-refractivity contribution is 6.30. The van der Waals surface area contributed by atoms with Gasteiger partial charge in [0.1, 0.15) is 19.1 Å². The van der Waals surface area contributed by atoms with Crippen molar-refractivity contribution in [2.75, 3.05) is 44.7 Å². The molecule has 1 aliphatic heterocycles.